The molecule has 0 bridgehead atoms. The fraction of sp³-hybridized carbons (Fsp3) is 0.407. The van der Waals surface area contributed by atoms with E-state index < -0.39 is 11.9 Å². The average Bonchev–Trinajstić information content (AvgIpc) is 3.67. The molecule has 41 heavy (non-hydrogen) atoms. The minimum Gasteiger partial charge on any atom is -0.461 e. The topological polar surface area (TPSA) is 185 Å². The maximum absolute atomic E-state index is 13.6. The number of likely N-dealkylation sites (tertiary alicyclic amines) is 2. The molecule has 0 spiro atoms. The fourth-order valence-electron chi connectivity index (χ4n) is 4.94. The zero-order valence-electron chi connectivity index (χ0n) is 22.8. The van der Waals surface area contributed by atoms with Gasteiger partial charge >= 0.3 is 0 Å². The van der Waals surface area contributed by atoms with Crippen LogP contribution in [0.3, 0.4) is 0 Å². The highest BCUT2D eigenvalue weighted by Gasteiger charge is 2.30. The number of nitrogens with one attached hydrogen (secondary N) is 2. The average molecular weight is 580 g/mol. The number of fused-ring (bicyclic) bond motifs is 1. The maximum atomic E-state index is 13.6. The van der Waals surface area contributed by atoms with Crippen molar-refractivity contribution in [2.24, 2.45) is 21.5 Å². The number of hydrogen-bond acceptors (Lipinski definition) is 7. The van der Waals surface area contributed by atoms with Gasteiger partial charge in [0.05, 0.1) is 12.7 Å². The van der Waals surface area contributed by atoms with Gasteiger partial charge in [0.15, 0.2) is 11.1 Å². The molecule has 1 atom stereocenters. The first-order chi connectivity index (χ1) is 19.7. The molecule has 0 unspecified atom stereocenters. The number of carbonyl (C=O) groups excluding carboxylic acids is 3. The molecule has 3 aromatic rings. The third kappa shape index (κ3) is 7.01. The Morgan fingerprint density at radius 3 is 2.68 bits per heavy atom. The van der Waals surface area contributed by atoms with Gasteiger partial charge in [-0.1, -0.05) is 11.3 Å². The maximum Gasteiger partial charge on any atom is 0.291 e. The van der Waals surface area contributed by atoms with Crippen LogP contribution < -0.4 is 22.1 Å². The van der Waals surface area contributed by atoms with Gasteiger partial charge in [-0.15, -0.1) is 0 Å². The van der Waals surface area contributed by atoms with Gasteiger partial charge in [0, 0.05) is 30.7 Å². The summed E-state index contributed by atoms with van der Waals surface area (Å²) in [4.78, 5) is 54.9. The van der Waals surface area contributed by atoms with E-state index in [0.717, 1.165) is 66.8 Å². The summed E-state index contributed by atoms with van der Waals surface area (Å²) in [6, 6.07) is 6.82. The van der Waals surface area contributed by atoms with Crippen LogP contribution in [0.5, 0.6) is 0 Å². The summed E-state index contributed by atoms with van der Waals surface area (Å²) in [5.74, 6) is -0.115. The molecule has 216 valence electrons. The molecule has 13 nitrogen and oxygen atoms in total. The van der Waals surface area contributed by atoms with Gasteiger partial charge in [-0.3, -0.25) is 14.4 Å². The molecule has 3 amide bonds. The van der Waals surface area contributed by atoms with E-state index in [1.54, 1.807) is 4.90 Å². The quantitative estimate of drug-likeness (QED) is 0.252. The summed E-state index contributed by atoms with van der Waals surface area (Å²) < 4.78 is 5.68. The number of nitrogens with zero attached hydrogens (tertiary/aromatic N) is 5. The summed E-state index contributed by atoms with van der Waals surface area (Å²) in [6.45, 7) is 3.92. The molecule has 5 rings (SSSR count). The van der Waals surface area contributed by atoms with Gasteiger partial charge < -0.3 is 36.3 Å². The lowest BCUT2D eigenvalue weighted by molar-refractivity contribution is -0.140. The Morgan fingerprint density at radius 1 is 1.12 bits per heavy atom. The summed E-state index contributed by atoms with van der Waals surface area (Å²) >= 11 is 1.05. The molecule has 14 heteroatoms. The van der Waals surface area contributed by atoms with E-state index in [1.165, 1.54) is 6.20 Å². The zero-order chi connectivity index (χ0) is 28.9. The Morgan fingerprint density at radius 2 is 1.90 bits per heavy atom. The lowest BCUT2D eigenvalue weighted by Gasteiger charge is -2.25. The van der Waals surface area contributed by atoms with Crippen LogP contribution in [-0.2, 0) is 9.59 Å². The van der Waals surface area contributed by atoms with Crippen LogP contribution in [0.15, 0.2) is 44.9 Å². The second-order valence-corrected chi connectivity index (χ2v) is 11.1. The molecule has 2 aliphatic heterocycles. The van der Waals surface area contributed by atoms with Crippen molar-refractivity contribution in [3.63, 3.8) is 0 Å². The van der Waals surface area contributed by atoms with Crippen LogP contribution in [0.2, 0.25) is 0 Å². The summed E-state index contributed by atoms with van der Waals surface area (Å²) in [6.07, 6.45) is 5.46. The molecule has 6 N–H and O–H groups in total. The number of aryl methyl sites for hydroxylation is 1. The Kier molecular flexibility index (Phi) is 8.47. The van der Waals surface area contributed by atoms with Crippen molar-refractivity contribution < 1.29 is 18.8 Å². The first kappa shape index (κ1) is 28.1. The lowest BCUT2D eigenvalue weighted by atomic mass is 10.1. The Balaban J connectivity index is 1.40. The second-order valence-electron chi connectivity index (χ2n) is 10.1. The summed E-state index contributed by atoms with van der Waals surface area (Å²) in [7, 11) is 0. The molecule has 0 saturated carbocycles. The number of guanidine groups is 2. The van der Waals surface area contributed by atoms with Crippen molar-refractivity contribution in [3.8, 4) is 0 Å². The highest BCUT2D eigenvalue weighted by Crippen LogP contribution is 2.25. The SMILES string of the molecule is Cc1cc2cc(NC(=N[C@H]3CCCCN(CC(=O)N4CCCC4)C3=O)Nc3ncc(C(=O)N=C(N)N)s3)ccc2o1. The molecule has 2 aromatic heterocycles. The van der Waals surface area contributed by atoms with Crippen molar-refractivity contribution in [3.05, 3.63) is 41.1 Å². The third-order valence-corrected chi connectivity index (χ3v) is 7.80. The van der Waals surface area contributed by atoms with Crippen molar-refractivity contribution >= 4 is 62.8 Å². The number of carbonyl (C=O) groups is 3. The molecular weight excluding hydrogens is 546 g/mol. The van der Waals surface area contributed by atoms with Crippen molar-refractivity contribution in [1.29, 1.82) is 0 Å². The standard InChI is InChI=1S/C27H33N9O4S/c1-16-12-17-13-18(7-8-20(17)40-16)31-26(34-27-30-14-21(41-27)23(38)33-25(28)29)32-19-6-2-3-11-36(24(19)39)15-22(37)35-9-4-5-10-35/h7-8,12-14,19H,2-6,9-11,15H2,1H3,(H4,28,29,33,38)(H2,30,31,32,34)/t19-/m0/s1. The van der Waals surface area contributed by atoms with Crippen molar-refractivity contribution in [1.82, 2.24) is 14.8 Å². The Bertz CT molecular complexity index is 1500. The third-order valence-electron chi connectivity index (χ3n) is 6.90. The van der Waals surface area contributed by atoms with E-state index in [2.05, 4.69) is 20.6 Å². The van der Waals surface area contributed by atoms with E-state index in [-0.39, 0.29) is 35.2 Å². The minimum absolute atomic E-state index is 0.0265. The number of anilines is 2. The van der Waals surface area contributed by atoms with Crippen LogP contribution in [0.4, 0.5) is 10.8 Å². The van der Waals surface area contributed by atoms with Gasteiger partial charge in [-0.2, -0.15) is 4.99 Å². The summed E-state index contributed by atoms with van der Waals surface area (Å²) in [5.41, 5.74) is 12.1. The van der Waals surface area contributed by atoms with Crippen LogP contribution in [-0.4, -0.2) is 76.6 Å². The normalized spacial score (nSPS) is 17.9. The van der Waals surface area contributed by atoms with E-state index >= 15 is 0 Å². The second kappa shape index (κ2) is 12.4. The van der Waals surface area contributed by atoms with Crippen LogP contribution >= 0.6 is 11.3 Å². The molecule has 1 aromatic carbocycles. The number of thiazole rings is 1. The van der Waals surface area contributed by atoms with Crippen LogP contribution in [0.1, 0.15) is 47.5 Å². The van der Waals surface area contributed by atoms with E-state index in [1.807, 2.05) is 36.1 Å². The van der Waals surface area contributed by atoms with Gasteiger partial charge in [0.1, 0.15) is 22.3 Å². The molecule has 0 aliphatic carbocycles. The first-order valence-corrected chi connectivity index (χ1v) is 14.4. The fourth-order valence-corrected chi connectivity index (χ4v) is 5.64. The van der Waals surface area contributed by atoms with Gasteiger partial charge in [0.25, 0.3) is 5.91 Å². The van der Waals surface area contributed by atoms with Crippen molar-refractivity contribution in [2.75, 3.05) is 36.8 Å². The number of aliphatic imine (C=N–C) groups is 2. The molecule has 0 radical (unpaired) electrons. The number of rotatable bonds is 6. The predicted molar refractivity (Wildman–Crippen MR) is 158 cm³/mol. The van der Waals surface area contributed by atoms with Gasteiger partial charge in [-0.05, 0) is 63.3 Å². The molecule has 2 aliphatic rings. The Hall–Kier alpha value is -4.46. The van der Waals surface area contributed by atoms with Crippen molar-refractivity contribution in [2.45, 2.75) is 45.1 Å². The highest BCUT2D eigenvalue weighted by atomic mass is 32.1. The summed E-state index contributed by atoms with van der Waals surface area (Å²) in [5, 5.41) is 7.63. The van der Waals surface area contributed by atoms with Crippen LogP contribution in [0.25, 0.3) is 11.0 Å². The van der Waals surface area contributed by atoms with E-state index in [9.17, 15) is 14.4 Å². The zero-order valence-corrected chi connectivity index (χ0v) is 23.6. The van der Waals surface area contributed by atoms with Gasteiger partial charge in [0.2, 0.25) is 17.8 Å². The van der Waals surface area contributed by atoms with Gasteiger partial charge in [-0.25, -0.2) is 9.98 Å². The lowest BCUT2D eigenvalue weighted by Crippen LogP contribution is -2.45. The highest BCUT2D eigenvalue weighted by molar-refractivity contribution is 7.17. The number of amides is 3. The smallest absolute Gasteiger partial charge is 0.291 e. The number of benzene rings is 1. The minimum atomic E-state index is -0.707. The molecular formula is C27H33N9O4S. The first-order valence-electron chi connectivity index (χ1n) is 13.5. The largest absolute Gasteiger partial charge is 0.461 e. The predicted octanol–water partition coefficient (Wildman–Crippen LogP) is 2.49. The number of aromatic nitrogens is 1. The van der Waals surface area contributed by atoms with Crippen LogP contribution in [0, 0.1) is 6.92 Å². The number of furan rings is 1. The number of hydrogen-bond donors (Lipinski definition) is 4. The van der Waals surface area contributed by atoms with E-state index in [0.29, 0.717) is 23.8 Å². The number of nitrogens with two attached hydrogens (primary N) is 2. The monoisotopic (exact) mass is 579 g/mol. The molecule has 4 heterocycles. The van der Waals surface area contributed by atoms with E-state index in [4.69, 9.17) is 20.9 Å². The molecule has 2 saturated heterocycles. The molecule has 2 fully saturated rings. The Labute approximate surface area is 240 Å².